The molecule has 1 aliphatic rings. The number of amides is 1. The lowest BCUT2D eigenvalue weighted by Gasteiger charge is -2.29. The van der Waals surface area contributed by atoms with E-state index in [0.717, 1.165) is 10.2 Å². The third-order valence-electron chi connectivity index (χ3n) is 4.11. The molecule has 0 bridgehead atoms. The van der Waals surface area contributed by atoms with Crippen molar-refractivity contribution >= 4 is 33.5 Å². The molecule has 0 unspecified atom stereocenters. The van der Waals surface area contributed by atoms with E-state index in [1.54, 1.807) is 6.07 Å². The monoisotopic (exact) mass is 420 g/mol. The van der Waals surface area contributed by atoms with Gasteiger partial charge in [-0.3, -0.25) is 14.2 Å². The summed E-state index contributed by atoms with van der Waals surface area (Å²) >= 11 is 3.38. The smallest absolute Gasteiger partial charge is 0.255 e. The fourth-order valence-electron chi connectivity index (χ4n) is 2.78. The number of carbonyl (C=O) groups excluding carboxylic acids is 1. The topological polar surface area (TPSA) is 76.5 Å². The maximum atomic E-state index is 12.6. The summed E-state index contributed by atoms with van der Waals surface area (Å²) in [5.74, 6) is 0.257. The van der Waals surface area contributed by atoms with Crippen molar-refractivity contribution in [2.75, 3.05) is 36.5 Å². The van der Waals surface area contributed by atoms with Gasteiger partial charge >= 0.3 is 0 Å². The third kappa shape index (κ3) is 4.50. The van der Waals surface area contributed by atoms with Gasteiger partial charge in [-0.25, -0.2) is 4.98 Å². The first-order valence-electron chi connectivity index (χ1n) is 8.55. The van der Waals surface area contributed by atoms with Crippen LogP contribution in [0.25, 0.3) is 0 Å². The van der Waals surface area contributed by atoms with Gasteiger partial charge in [-0.2, -0.15) is 0 Å². The van der Waals surface area contributed by atoms with Crippen molar-refractivity contribution in [2.45, 2.75) is 19.9 Å². The zero-order valence-corrected chi connectivity index (χ0v) is 16.2. The SMILES string of the molecule is CCc1cc(=O)n(CC(=O)Nc2cccc(Br)c2)c(N2CCOCC2)n1. The van der Waals surface area contributed by atoms with Crippen LogP contribution in [0.3, 0.4) is 0 Å². The predicted octanol–water partition coefficient (Wildman–Crippen LogP) is 2.04. The highest BCUT2D eigenvalue weighted by atomic mass is 79.9. The molecular weight excluding hydrogens is 400 g/mol. The van der Waals surface area contributed by atoms with E-state index in [-0.39, 0.29) is 18.0 Å². The van der Waals surface area contributed by atoms with Gasteiger partial charge in [0.15, 0.2) is 0 Å². The first-order valence-corrected chi connectivity index (χ1v) is 9.35. The summed E-state index contributed by atoms with van der Waals surface area (Å²) in [4.78, 5) is 31.7. The number of ether oxygens (including phenoxy) is 1. The normalized spacial score (nSPS) is 14.3. The van der Waals surface area contributed by atoms with Crippen molar-refractivity contribution in [1.82, 2.24) is 9.55 Å². The average Bonchev–Trinajstić information content (AvgIpc) is 2.64. The lowest BCUT2D eigenvalue weighted by Crippen LogP contribution is -2.42. The number of rotatable bonds is 5. The molecule has 26 heavy (non-hydrogen) atoms. The number of halogens is 1. The largest absolute Gasteiger partial charge is 0.378 e. The van der Waals surface area contributed by atoms with Crippen LogP contribution in [0.15, 0.2) is 39.6 Å². The fourth-order valence-corrected chi connectivity index (χ4v) is 3.18. The van der Waals surface area contributed by atoms with Gasteiger partial charge in [0, 0.05) is 35.0 Å². The molecule has 1 fully saturated rings. The molecule has 8 heteroatoms. The fraction of sp³-hybridized carbons (Fsp3) is 0.389. The molecule has 7 nitrogen and oxygen atoms in total. The molecule has 2 aromatic rings. The Hall–Kier alpha value is -2.19. The summed E-state index contributed by atoms with van der Waals surface area (Å²) in [6.07, 6.45) is 0.664. The molecule has 0 saturated carbocycles. The molecule has 0 aliphatic carbocycles. The molecule has 2 heterocycles. The second-order valence-electron chi connectivity index (χ2n) is 5.98. The summed E-state index contributed by atoms with van der Waals surface area (Å²) < 4.78 is 7.68. The summed E-state index contributed by atoms with van der Waals surface area (Å²) in [5.41, 5.74) is 1.17. The van der Waals surface area contributed by atoms with Crippen LogP contribution in [-0.2, 0) is 22.5 Å². The average molecular weight is 421 g/mol. The van der Waals surface area contributed by atoms with E-state index >= 15 is 0 Å². The molecule has 1 aromatic carbocycles. The number of aromatic nitrogens is 2. The minimum Gasteiger partial charge on any atom is -0.378 e. The van der Waals surface area contributed by atoms with Crippen molar-refractivity contribution in [3.05, 3.63) is 50.9 Å². The maximum Gasteiger partial charge on any atom is 0.255 e. The van der Waals surface area contributed by atoms with Crippen molar-refractivity contribution in [3.63, 3.8) is 0 Å². The minimum absolute atomic E-state index is 0.0883. The second kappa shape index (κ2) is 8.46. The Bertz CT molecular complexity index is 847. The number of hydrogen-bond donors (Lipinski definition) is 1. The number of benzene rings is 1. The Labute approximate surface area is 160 Å². The highest BCUT2D eigenvalue weighted by Crippen LogP contribution is 2.16. The quantitative estimate of drug-likeness (QED) is 0.800. The predicted molar refractivity (Wildman–Crippen MR) is 104 cm³/mol. The number of nitrogens with one attached hydrogen (secondary N) is 1. The van der Waals surface area contributed by atoms with Crippen LogP contribution in [0, 0.1) is 0 Å². The van der Waals surface area contributed by atoms with Crippen molar-refractivity contribution in [3.8, 4) is 0 Å². The number of carbonyl (C=O) groups is 1. The van der Waals surface area contributed by atoms with Crippen LogP contribution in [0.5, 0.6) is 0 Å². The van der Waals surface area contributed by atoms with Gasteiger partial charge in [-0.1, -0.05) is 28.9 Å². The third-order valence-corrected chi connectivity index (χ3v) is 4.60. The molecule has 0 radical (unpaired) electrons. The van der Waals surface area contributed by atoms with E-state index in [1.807, 2.05) is 30.0 Å². The van der Waals surface area contributed by atoms with E-state index in [1.165, 1.54) is 10.6 Å². The zero-order valence-electron chi connectivity index (χ0n) is 14.6. The molecule has 0 spiro atoms. The Kier molecular flexibility index (Phi) is 6.05. The summed E-state index contributed by atoms with van der Waals surface area (Å²) in [7, 11) is 0. The molecule has 1 aromatic heterocycles. The summed E-state index contributed by atoms with van der Waals surface area (Å²) in [6, 6.07) is 8.82. The Balaban J connectivity index is 1.85. The van der Waals surface area contributed by atoms with Crippen LogP contribution in [0.4, 0.5) is 11.6 Å². The first-order chi connectivity index (χ1) is 12.6. The lowest BCUT2D eigenvalue weighted by atomic mass is 10.3. The van der Waals surface area contributed by atoms with Gasteiger partial charge in [0.2, 0.25) is 11.9 Å². The van der Waals surface area contributed by atoms with Gasteiger partial charge in [0.25, 0.3) is 5.56 Å². The van der Waals surface area contributed by atoms with E-state index in [2.05, 4.69) is 26.2 Å². The van der Waals surface area contributed by atoms with Gasteiger partial charge in [-0.15, -0.1) is 0 Å². The standard InChI is InChI=1S/C18H21BrN4O3/c1-2-14-11-17(25)23(18(21-14)22-6-8-26-9-7-22)12-16(24)20-15-5-3-4-13(19)10-15/h3-5,10-11H,2,6-9,12H2,1H3,(H,20,24). The Morgan fingerprint density at radius 2 is 2.08 bits per heavy atom. The van der Waals surface area contributed by atoms with Gasteiger partial charge in [0.05, 0.1) is 13.2 Å². The highest BCUT2D eigenvalue weighted by Gasteiger charge is 2.19. The maximum absolute atomic E-state index is 12.6. The second-order valence-corrected chi connectivity index (χ2v) is 6.90. The molecule has 1 saturated heterocycles. The number of nitrogens with zero attached hydrogens (tertiary/aromatic N) is 3. The van der Waals surface area contributed by atoms with Crippen LogP contribution >= 0.6 is 15.9 Å². The van der Waals surface area contributed by atoms with Crippen molar-refractivity contribution in [1.29, 1.82) is 0 Å². The zero-order chi connectivity index (χ0) is 18.5. The van der Waals surface area contributed by atoms with Crippen LogP contribution in [-0.4, -0.2) is 41.8 Å². The highest BCUT2D eigenvalue weighted by molar-refractivity contribution is 9.10. The molecule has 1 N–H and O–H groups in total. The Morgan fingerprint density at radius 3 is 2.77 bits per heavy atom. The number of hydrogen-bond acceptors (Lipinski definition) is 5. The number of aryl methyl sites for hydroxylation is 1. The first kappa shape index (κ1) is 18.6. The van der Waals surface area contributed by atoms with E-state index in [4.69, 9.17) is 4.74 Å². The van der Waals surface area contributed by atoms with Crippen molar-refractivity contribution < 1.29 is 9.53 Å². The summed E-state index contributed by atoms with van der Waals surface area (Å²) in [5, 5.41) is 2.82. The minimum atomic E-state index is -0.272. The molecule has 3 rings (SSSR count). The van der Waals surface area contributed by atoms with Gasteiger partial charge < -0.3 is 15.0 Å². The van der Waals surface area contributed by atoms with Crippen molar-refractivity contribution in [2.24, 2.45) is 0 Å². The van der Waals surface area contributed by atoms with Crippen LogP contribution < -0.4 is 15.8 Å². The number of anilines is 2. The lowest BCUT2D eigenvalue weighted by molar-refractivity contribution is -0.116. The van der Waals surface area contributed by atoms with E-state index < -0.39 is 0 Å². The van der Waals surface area contributed by atoms with Gasteiger partial charge in [-0.05, 0) is 24.6 Å². The van der Waals surface area contributed by atoms with E-state index in [0.29, 0.717) is 44.4 Å². The summed E-state index contributed by atoms with van der Waals surface area (Å²) in [6.45, 7) is 4.32. The molecule has 138 valence electrons. The van der Waals surface area contributed by atoms with Crippen LogP contribution in [0.2, 0.25) is 0 Å². The Morgan fingerprint density at radius 1 is 1.31 bits per heavy atom. The molecular formula is C18H21BrN4O3. The number of morpholine rings is 1. The molecule has 1 aliphatic heterocycles. The van der Waals surface area contributed by atoms with Gasteiger partial charge in [0.1, 0.15) is 6.54 Å². The molecule has 0 atom stereocenters. The van der Waals surface area contributed by atoms with E-state index in [9.17, 15) is 9.59 Å². The molecule has 1 amide bonds. The van der Waals surface area contributed by atoms with Crippen LogP contribution in [0.1, 0.15) is 12.6 Å².